The Balaban J connectivity index is 1.59. The fraction of sp³-hybridized carbons (Fsp3) is 0.455. The summed E-state index contributed by atoms with van der Waals surface area (Å²) in [5.74, 6) is 0.173. The number of piperidine rings is 1. The highest BCUT2D eigenvalue weighted by Crippen LogP contribution is 2.31. The van der Waals surface area contributed by atoms with Crippen molar-refractivity contribution in [3.63, 3.8) is 0 Å². The molecular weight excluding hydrogens is 432 g/mol. The number of halogens is 1. The van der Waals surface area contributed by atoms with Crippen LogP contribution >= 0.6 is 11.6 Å². The Bertz CT molecular complexity index is 1140. The number of amides is 1. The fourth-order valence-electron chi connectivity index (χ4n) is 3.87. The number of hydrogen-bond acceptors (Lipinski definition) is 7. The highest BCUT2D eigenvalue weighted by atomic mass is 35.5. The predicted molar refractivity (Wildman–Crippen MR) is 122 cm³/mol. The average Bonchev–Trinajstić information content (AvgIpc) is 3.19. The second kappa shape index (κ2) is 8.65. The molecule has 1 aliphatic heterocycles. The first-order valence-corrected chi connectivity index (χ1v) is 10.9. The van der Waals surface area contributed by atoms with Crippen LogP contribution in [0.4, 0.5) is 5.82 Å². The van der Waals surface area contributed by atoms with Gasteiger partial charge in [-0.15, -0.1) is 0 Å². The Morgan fingerprint density at radius 3 is 2.78 bits per heavy atom. The van der Waals surface area contributed by atoms with Gasteiger partial charge < -0.3 is 25.0 Å². The summed E-state index contributed by atoms with van der Waals surface area (Å²) in [6.45, 7) is 6.33. The standard InChI is InChI=1S/C22H27ClN6O3/c1-22(2,3)29-12-25-17-5-4-15(27-21(17)29)13-8-19(24-9-14(13)23)26-16-6-7-28(10-18(16)31)20(32)11-30/h4-5,8-9,12,16,18,30-31H,6-7,10-11H2,1-3H3,(H,24,26)/t16-,18-/m1/s1. The number of hydrogen-bond donors (Lipinski definition) is 3. The number of aliphatic hydroxyl groups is 2. The molecule has 0 saturated carbocycles. The second-order valence-electron chi connectivity index (χ2n) is 8.98. The molecule has 1 fully saturated rings. The number of β-amino-alcohol motifs (C(OH)–C–C–N with tert-alkyl or cyclic N) is 1. The Labute approximate surface area is 191 Å². The molecule has 1 saturated heterocycles. The van der Waals surface area contributed by atoms with Crippen molar-refractivity contribution in [2.45, 2.75) is 44.9 Å². The van der Waals surface area contributed by atoms with E-state index in [1.165, 1.54) is 4.90 Å². The molecule has 9 nitrogen and oxygen atoms in total. The molecule has 3 aromatic heterocycles. The number of aliphatic hydroxyl groups excluding tert-OH is 2. The Morgan fingerprint density at radius 1 is 1.31 bits per heavy atom. The molecule has 0 aromatic carbocycles. The zero-order valence-electron chi connectivity index (χ0n) is 18.3. The molecule has 0 radical (unpaired) electrons. The van der Waals surface area contributed by atoms with Crippen LogP contribution in [0.2, 0.25) is 5.02 Å². The predicted octanol–water partition coefficient (Wildman–Crippen LogP) is 2.27. The average molecular weight is 459 g/mol. The van der Waals surface area contributed by atoms with E-state index in [2.05, 4.69) is 36.1 Å². The van der Waals surface area contributed by atoms with Gasteiger partial charge in [0.2, 0.25) is 5.91 Å². The molecule has 0 aliphatic carbocycles. The van der Waals surface area contributed by atoms with Crippen molar-refractivity contribution in [1.82, 2.24) is 24.4 Å². The summed E-state index contributed by atoms with van der Waals surface area (Å²) in [5, 5.41) is 23.2. The number of anilines is 1. The van der Waals surface area contributed by atoms with Gasteiger partial charge in [-0.1, -0.05) is 11.6 Å². The Kier molecular flexibility index (Phi) is 6.07. The Hall–Kier alpha value is -2.75. The van der Waals surface area contributed by atoms with E-state index in [1.807, 2.05) is 22.8 Å². The van der Waals surface area contributed by atoms with Gasteiger partial charge in [0.15, 0.2) is 5.65 Å². The zero-order chi connectivity index (χ0) is 23.0. The van der Waals surface area contributed by atoms with Crippen molar-refractivity contribution in [2.24, 2.45) is 0 Å². The molecule has 4 heterocycles. The number of carbonyl (C=O) groups is 1. The fourth-order valence-corrected chi connectivity index (χ4v) is 4.07. The highest BCUT2D eigenvalue weighted by Gasteiger charge is 2.30. The number of imidazole rings is 1. The van der Waals surface area contributed by atoms with Crippen molar-refractivity contribution in [3.05, 3.63) is 35.7 Å². The number of rotatable bonds is 4. The summed E-state index contributed by atoms with van der Waals surface area (Å²) in [5.41, 5.74) is 2.82. The van der Waals surface area contributed by atoms with Crippen molar-refractivity contribution in [2.75, 3.05) is 25.0 Å². The molecule has 0 bridgehead atoms. The van der Waals surface area contributed by atoms with Gasteiger partial charge in [0.1, 0.15) is 17.9 Å². The van der Waals surface area contributed by atoms with Gasteiger partial charge in [-0.3, -0.25) is 4.79 Å². The number of aromatic nitrogens is 4. The van der Waals surface area contributed by atoms with E-state index < -0.39 is 12.7 Å². The minimum Gasteiger partial charge on any atom is -0.389 e. The number of nitrogens with zero attached hydrogens (tertiary/aromatic N) is 5. The third-order valence-electron chi connectivity index (χ3n) is 5.65. The first-order valence-electron chi connectivity index (χ1n) is 10.5. The van der Waals surface area contributed by atoms with Gasteiger partial charge in [0.05, 0.1) is 29.2 Å². The van der Waals surface area contributed by atoms with Gasteiger partial charge in [-0.2, -0.15) is 0 Å². The lowest BCUT2D eigenvalue weighted by atomic mass is 10.0. The van der Waals surface area contributed by atoms with Crippen molar-refractivity contribution in [3.8, 4) is 11.3 Å². The molecule has 10 heteroatoms. The number of nitrogens with one attached hydrogen (secondary N) is 1. The number of fused-ring (bicyclic) bond motifs is 1. The number of pyridine rings is 2. The van der Waals surface area contributed by atoms with E-state index in [0.717, 1.165) is 16.7 Å². The van der Waals surface area contributed by atoms with Crippen LogP contribution in [-0.4, -0.2) is 72.4 Å². The van der Waals surface area contributed by atoms with Crippen LogP contribution in [0.3, 0.4) is 0 Å². The second-order valence-corrected chi connectivity index (χ2v) is 9.39. The van der Waals surface area contributed by atoms with Gasteiger partial charge in [0, 0.05) is 30.4 Å². The highest BCUT2D eigenvalue weighted by molar-refractivity contribution is 6.33. The van der Waals surface area contributed by atoms with Crippen LogP contribution in [-0.2, 0) is 10.3 Å². The molecule has 0 spiro atoms. The molecule has 1 aliphatic rings. The summed E-state index contributed by atoms with van der Waals surface area (Å²) < 4.78 is 2.03. The first kappa shape index (κ1) is 22.4. The SMILES string of the molecule is CC(C)(C)n1cnc2ccc(-c3cc(N[C@@H]4CCN(C(=O)CO)C[C@H]4O)ncc3Cl)nc21. The monoisotopic (exact) mass is 458 g/mol. The molecule has 4 rings (SSSR count). The topological polar surface area (TPSA) is 116 Å². The van der Waals surface area contributed by atoms with Crippen LogP contribution in [0.1, 0.15) is 27.2 Å². The minimum absolute atomic E-state index is 0.159. The largest absolute Gasteiger partial charge is 0.389 e. The summed E-state index contributed by atoms with van der Waals surface area (Å²) in [7, 11) is 0. The van der Waals surface area contributed by atoms with Crippen LogP contribution in [0.15, 0.2) is 30.7 Å². The van der Waals surface area contributed by atoms with Crippen LogP contribution < -0.4 is 5.32 Å². The summed E-state index contributed by atoms with van der Waals surface area (Å²) in [6.07, 6.45) is 3.10. The van der Waals surface area contributed by atoms with E-state index >= 15 is 0 Å². The smallest absolute Gasteiger partial charge is 0.248 e. The lowest BCUT2D eigenvalue weighted by Crippen LogP contribution is -2.52. The lowest BCUT2D eigenvalue weighted by Gasteiger charge is -2.36. The van der Waals surface area contributed by atoms with Gasteiger partial charge in [-0.25, -0.2) is 15.0 Å². The van der Waals surface area contributed by atoms with E-state index in [9.17, 15) is 9.90 Å². The number of likely N-dealkylation sites (tertiary alicyclic amines) is 1. The van der Waals surface area contributed by atoms with Gasteiger partial charge >= 0.3 is 0 Å². The van der Waals surface area contributed by atoms with E-state index in [0.29, 0.717) is 29.5 Å². The maximum absolute atomic E-state index is 11.7. The maximum atomic E-state index is 11.7. The van der Waals surface area contributed by atoms with Crippen molar-refractivity contribution in [1.29, 1.82) is 0 Å². The van der Waals surface area contributed by atoms with E-state index in [-0.39, 0.29) is 24.0 Å². The van der Waals surface area contributed by atoms with E-state index in [1.54, 1.807) is 12.5 Å². The van der Waals surface area contributed by atoms with Gasteiger partial charge in [-0.05, 0) is 45.4 Å². The molecule has 170 valence electrons. The molecule has 3 N–H and O–H groups in total. The molecule has 1 amide bonds. The summed E-state index contributed by atoms with van der Waals surface area (Å²) >= 11 is 6.46. The van der Waals surface area contributed by atoms with Crippen molar-refractivity contribution < 1.29 is 15.0 Å². The third-order valence-corrected chi connectivity index (χ3v) is 5.95. The lowest BCUT2D eigenvalue weighted by molar-refractivity contribution is -0.137. The first-order chi connectivity index (χ1) is 15.2. The van der Waals surface area contributed by atoms with Crippen LogP contribution in [0.5, 0.6) is 0 Å². The molecular formula is C22H27ClN6O3. The maximum Gasteiger partial charge on any atom is 0.248 e. The van der Waals surface area contributed by atoms with Gasteiger partial charge in [0.25, 0.3) is 0 Å². The molecule has 0 unspecified atom stereocenters. The molecule has 32 heavy (non-hydrogen) atoms. The quantitative estimate of drug-likeness (QED) is 0.549. The number of carbonyl (C=O) groups excluding carboxylic acids is 1. The normalized spacial score (nSPS) is 19.4. The van der Waals surface area contributed by atoms with Crippen molar-refractivity contribution >= 4 is 34.5 Å². The van der Waals surface area contributed by atoms with Crippen LogP contribution in [0.25, 0.3) is 22.4 Å². The van der Waals surface area contributed by atoms with Crippen LogP contribution in [0, 0.1) is 0 Å². The Morgan fingerprint density at radius 2 is 2.09 bits per heavy atom. The zero-order valence-corrected chi connectivity index (χ0v) is 19.0. The minimum atomic E-state index is -0.782. The molecule has 2 atom stereocenters. The third kappa shape index (κ3) is 4.41. The molecule has 3 aromatic rings. The summed E-state index contributed by atoms with van der Waals surface area (Å²) in [4.78, 5) is 26.8. The summed E-state index contributed by atoms with van der Waals surface area (Å²) in [6, 6.07) is 5.33. The van der Waals surface area contributed by atoms with E-state index in [4.69, 9.17) is 21.7 Å².